The highest BCUT2D eigenvalue weighted by atomic mass is 32.1. The lowest BCUT2D eigenvalue weighted by atomic mass is 10.1. The van der Waals surface area contributed by atoms with Gasteiger partial charge in [-0.3, -0.25) is 4.79 Å². The van der Waals surface area contributed by atoms with Crippen molar-refractivity contribution in [1.29, 1.82) is 0 Å². The number of hydrogen-bond acceptors (Lipinski definition) is 3. The van der Waals surface area contributed by atoms with Crippen LogP contribution in [0.1, 0.15) is 22.2 Å². The molecule has 0 amide bonds. The summed E-state index contributed by atoms with van der Waals surface area (Å²) in [6.07, 6.45) is 0. The monoisotopic (exact) mass is 206 g/mol. The Balaban J connectivity index is 2.79. The third kappa shape index (κ3) is 1.30. The average Bonchev–Trinajstić information content (AvgIpc) is 2.43. The van der Waals surface area contributed by atoms with Gasteiger partial charge in [0.2, 0.25) is 0 Å². The Morgan fingerprint density at radius 2 is 2.14 bits per heavy atom. The maximum absolute atomic E-state index is 11.3. The molecule has 0 aliphatic carbocycles. The highest BCUT2D eigenvalue weighted by Crippen LogP contribution is 2.33. The van der Waals surface area contributed by atoms with Crippen molar-refractivity contribution in [2.24, 2.45) is 0 Å². The first-order valence-corrected chi connectivity index (χ1v) is 5.14. The number of aryl methyl sites for hydroxylation is 1. The SMILES string of the molecule is CC(=O)c1sc2cc(O)ccc2c1C. The maximum atomic E-state index is 11.3. The summed E-state index contributed by atoms with van der Waals surface area (Å²) in [5, 5.41) is 10.3. The van der Waals surface area contributed by atoms with Crippen molar-refractivity contribution >= 4 is 27.2 Å². The van der Waals surface area contributed by atoms with Gasteiger partial charge in [0.25, 0.3) is 0 Å². The number of benzene rings is 1. The number of aromatic hydroxyl groups is 1. The molecule has 1 aromatic heterocycles. The van der Waals surface area contributed by atoms with Crippen LogP contribution in [0.25, 0.3) is 10.1 Å². The number of fused-ring (bicyclic) bond motifs is 1. The molecule has 0 aliphatic rings. The largest absolute Gasteiger partial charge is 0.508 e. The van der Waals surface area contributed by atoms with Crippen molar-refractivity contribution in [2.75, 3.05) is 0 Å². The van der Waals surface area contributed by atoms with E-state index in [2.05, 4.69) is 0 Å². The van der Waals surface area contributed by atoms with Crippen LogP contribution in [0.15, 0.2) is 18.2 Å². The second kappa shape index (κ2) is 3.10. The van der Waals surface area contributed by atoms with E-state index in [4.69, 9.17) is 0 Å². The van der Waals surface area contributed by atoms with E-state index < -0.39 is 0 Å². The highest BCUT2D eigenvalue weighted by Gasteiger charge is 2.11. The zero-order chi connectivity index (χ0) is 10.3. The lowest BCUT2D eigenvalue weighted by Crippen LogP contribution is -1.88. The second-order valence-corrected chi connectivity index (χ2v) is 4.35. The zero-order valence-corrected chi connectivity index (χ0v) is 8.81. The Morgan fingerprint density at radius 3 is 2.79 bits per heavy atom. The molecule has 14 heavy (non-hydrogen) atoms. The summed E-state index contributed by atoms with van der Waals surface area (Å²) in [6, 6.07) is 5.19. The molecule has 3 heteroatoms. The van der Waals surface area contributed by atoms with Crippen molar-refractivity contribution in [3.63, 3.8) is 0 Å². The summed E-state index contributed by atoms with van der Waals surface area (Å²) in [5.41, 5.74) is 1.01. The number of carbonyl (C=O) groups excluding carboxylic acids is 1. The molecule has 1 heterocycles. The smallest absolute Gasteiger partial charge is 0.170 e. The fraction of sp³-hybridized carbons (Fsp3) is 0.182. The topological polar surface area (TPSA) is 37.3 Å². The van der Waals surface area contributed by atoms with Crippen LogP contribution in [-0.2, 0) is 0 Å². The van der Waals surface area contributed by atoms with Crippen molar-refractivity contribution in [1.82, 2.24) is 0 Å². The van der Waals surface area contributed by atoms with E-state index in [-0.39, 0.29) is 11.5 Å². The van der Waals surface area contributed by atoms with Crippen LogP contribution in [0.2, 0.25) is 0 Å². The molecule has 2 nitrogen and oxygen atoms in total. The molecule has 0 saturated heterocycles. The van der Waals surface area contributed by atoms with E-state index in [0.29, 0.717) is 0 Å². The fourth-order valence-corrected chi connectivity index (χ4v) is 2.69. The maximum Gasteiger partial charge on any atom is 0.170 e. The van der Waals surface area contributed by atoms with Crippen LogP contribution in [0, 0.1) is 6.92 Å². The summed E-state index contributed by atoms with van der Waals surface area (Å²) in [5.74, 6) is 0.331. The molecule has 0 aliphatic heterocycles. The number of rotatable bonds is 1. The Morgan fingerprint density at radius 1 is 1.43 bits per heavy atom. The van der Waals surface area contributed by atoms with Crippen molar-refractivity contribution in [3.8, 4) is 5.75 Å². The molecule has 72 valence electrons. The van der Waals surface area contributed by atoms with Gasteiger partial charge in [-0.15, -0.1) is 11.3 Å². The van der Waals surface area contributed by atoms with Gasteiger partial charge in [-0.2, -0.15) is 0 Å². The number of hydrogen-bond donors (Lipinski definition) is 1. The molecule has 1 N–H and O–H groups in total. The van der Waals surface area contributed by atoms with Crippen LogP contribution < -0.4 is 0 Å². The summed E-state index contributed by atoms with van der Waals surface area (Å²) in [6.45, 7) is 3.50. The minimum absolute atomic E-state index is 0.0863. The average molecular weight is 206 g/mol. The molecular formula is C11H10O2S. The van der Waals surface area contributed by atoms with Gasteiger partial charge in [0.1, 0.15) is 5.75 Å². The van der Waals surface area contributed by atoms with Crippen LogP contribution in [0.3, 0.4) is 0 Å². The zero-order valence-electron chi connectivity index (χ0n) is 8.00. The van der Waals surface area contributed by atoms with Crippen molar-refractivity contribution in [3.05, 3.63) is 28.6 Å². The van der Waals surface area contributed by atoms with Gasteiger partial charge < -0.3 is 5.11 Å². The van der Waals surface area contributed by atoms with Crippen LogP contribution in [-0.4, -0.2) is 10.9 Å². The minimum atomic E-state index is 0.0863. The normalized spacial score (nSPS) is 10.7. The van der Waals surface area contributed by atoms with E-state index in [0.717, 1.165) is 20.5 Å². The van der Waals surface area contributed by atoms with Crippen LogP contribution in [0.4, 0.5) is 0 Å². The Kier molecular flexibility index (Phi) is 2.04. The van der Waals surface area contributed by atoms with Gasteiger partial charge in [0.15, 0.2) is 5.78 Å². The minimum Gasteiger partial charge on any atom is -0.508 e. The third-order valence-electron chi connectivity index (χ3n) is 2.24. The quantitative estimate of drug-likeness (QED) is 0.728. The fourth-order valence-electron chi connectivity index (χ4n) is 1.55. The molecule has 0 radical (unpaired) electrons. The molecule has 1 aromatic carbocycles. The van der Waals surface area contributed by atoms with E-state index in [9.17, 15) is 9.90 Å². The van der Waals surface area contributed by atoms with Gasteiger partial charge in [-0.25, -0.2) is 0 Å². The van der Waals surface area contributed by atoms with Crippen molar-refractivity contribution < 1.29 is 9.90 Å². The van der Waals surface area contributed by atoms with E-state index >= 15 is 0 Å². The second-order valence-electron chi connectivity index (χ2n) is 3.29. The number of phenols is 1. The summed E-state index contributed by atoms with van der Waals surface area (Å²) in [7, 11) is 0. The number of Topliss-reactive ketones (excluding diaryl/α,β-unsaturated/α-hetero) is 1. The lowest BCUT2D eigenvalue weighted by Gasteiger charge is -1.93. The first-order valence-electron chi connectivity index (χ1n) is 4.32. The molecule has 2 rings (SSSR count). The molecule has 0 atom stereocenters. The molecule has 0 fully saturated rings. The molecule has 0 unspecified atom stereocenters. The summed E-state index contributed by atoms with van der Waals surface area (Å²) >= 11 is 1.44. The van der Waals surface area contributed by atoms with Gasteiger partial charge in [0.05, 0.1) is 4.88 Å². The van der Waals surface area contributed by atoms with Gasteiger partial charge in [-0.1, -0.05) is 0 Å². The predicted octanol–water partition coefficient (Wildman–Crippen LogP) is 3.12. The first kappa shape index (κ1) is 9.21. The molecule has 0 spiro atoms. The van der Waals surface area contributed by atoms with Gasteiger partial charge in [0, 0.05) is 4.70 Å². The Labute approximate surface area is 85.8 Å². The van der Waals surface area contributed by atoms with E-state index in [1.54, 1.807) is 19.1 Å². The number of carbonyl (C=O) groups is 1. The van der Waals surface area contributed by atoms with Crippen LogP contribution >= 0.6 is 11.3 Å². The summed E-state index contributed by atoms with van der Waals surface area (Å²) in [4.78, 5) is 12.1. The molecule has 0 bridgehead atoms. The Hall–Kier alpha value is -1.35. The number of ketones is 1. The number of phenolic OH excluding ortho intramolecular Hbond substituents is 1. The third-order valence-corrected chi connectivity index (χ3v) is 3.60. The summed E-state index contributed by atoms with van der Waals surface area (Å²) < 4.78 is 0.965. The van der Waals surface area contributed by atoms with Crippen molar-refractivity contribution in [2.45, 2.75) is 13.8 Å². The van der Waals surface area contributed by atoms with E-state index in [1.165, 1.54) is 11.3 Å². The lowest BCUT2D eigenvalue weighted by molar-refractivity contribution is 0.102. The molecule has 0 saturated carbocycles. The number of thiophene rings is 1. The highest BCUT2D eigenvalue weighted by molar-refractivity contribution is 7.21. The molecule has 2 aromatic rings. The van der Waals surface area contributed by atoms with Crippen LogP contribution in [0.5, 0.6) is 5.75 Å². The standard InChI is InChI=1S/C11H10O2S/c1-6-9-4-3-8(13)5-10(9)14-11(6)7(2)12/h3-5,13H,1-2H3. The first-order chi connectivity index (χ1) is 6.59. The Bertz CT molecular complexity index is 511. The van der Waals surface area contributed by atoms with Gasteiger partial charge in [-0.05, 0) is 43.0 Å². The molecular weight excluding hydrogens is 196 g/mol. The van der Waals surface area contributed by atoms with Gasteiger partial charge >= 0.3 is 0 Å². The van der Waals surface area contributed by atoms with E-state index in [1.807, 2.05) is 13.0 Å². The predicted molar refractivity (Wildman–Crippen MR) is 58.2 cm³/mol.